The summed E-state index contributed by atoms with van der Waals surface area (Å²) in [5.41, 5.74) is -0.136. The fourth-order valence-electron chi connectivity index (χ4n) is 1.94. The highest BCUT2D eigenvalue weighted by Gasteiger charge is 2.34. The van der Waals surface area contributed by atoms with Gasteiger partial charge in [0.05, 0.1) is 18.6 Å². The summed E-state index contributed by atoms with van der Waals surface area (Å²) in [5, 5.41) is 8.90. The smallest absolute Gasteiger partial charge is 0.255 e. The minimum Gasteiger partial charge on any atom is -0.395 e. The highest BCUT2D eigenvalue weighted by molar-refractivity contribution is 5.87. The minimum atomic E-state index is -2.61. The molecule has 1 aromatic carbocycles. The summed E-state index contributed by atoms with van der Waals surface area (Å²) in [7, 11) is 0. The Morgan fingerprint density at radius 1 is 1.32 bits per heavy atom. The van der Waals surface area contributed by atoms with Gasteiger partial charge in [0.2, 0.25) is 5.91 Å². The zero-order chi connectivity index (χ0) is 14.5. The summed E-state index contributed by atoms with van der Waals surface area (Å²) in [6.07, 6.45) is -2.61. The van der Waals surface area contributed by atoms with Crippen molar-refractivity contribution >= 4 is 5.91 Å². The van der Waals surface area contributed by atoms with Crippen LogP contribution in [0.5, 0.6) is 0 Å². The number of aliphatic hydroxyl groups is 1. The van der Waals surface area contributed by atoms with Crippen LogP contribution in [0.3, 0.4) is 0 Å². The van der Waals surface area contributed by atoms with Crippen molar-refractivity contribution in [1.82, 2.24) is 4.90 Å². The van der Waals surface area contributed by atoms with Gasteiger partial charge >= 0.3 is 0 Å². The number of nitrogens with zero attached hydrogens (tertiary/aromatic N) is 1. The molecule has 0 aliphatic carbocycles. The highest BCUT2D eigenvalue weighted by atomic mass is 19.3. The second kappa shape index (κ2) is 6.61. The lowest BCUT2D eigenvalue weighted by molar-refractivity contribution is -0.138. The van der Waals surface area contributed by atoms with Gasteiger partial charge in [-0.05, 0) is 19.4 Å². The molecule has 0 heterocycles. The van der Waals surface area contributed by atoms with Gasteiger partial charge in [-0.3, -0.25) is 4.79 Å². The molecule has 0 unspecified atom stereocenters. The Hall–Kier alpha value is -1.49. The molecule has 1 amide bonds. The molecule has 0 aliphatic heterocycles. The van der Waals surface area contributed by atoms with E-state index in [1.165, 1.54) is 0 Å². The second-order valence-corrected chi connectivity index (χ2v) is 4.86. The predicted molar refractivity (Wildman–Crippen MR) is 69.1 cm³/mol. The van der Waals surface area contributed by atoms with E-state index in [0.717, 1.165) is 10.5 Å². The molecule has 0 atom stereocenters. The maximum absolute atomic E-state index is 12.5. The van der Waals surface area contributed by atoms with Crippen LogP contribution in [-0.2, 0) is 10.2 Å². The van der Waals surface area contributed by atoms with Gasteiger partial charge in [-0.2, -0.15) is 0 Å². The molecule has 3 nitrogen and oxygen atoms in total. The highest BCUT2D eigenvalue weighted by Crippen LogP contribution is 2.25. The van der Waals surface area contributed by atoms with E-state index in [1.807, 2.05) is 6.07 Å². The molecule has 5 heteroatoms. The van der Waals surface area contributed by atoms with Crippen molar-refractivity contribution in [1.29, 1.82) is 0 Å². The van der Waals surface area contributed by atoms with E-state index < -0.39 is 24.3 Å². The lowest BCUT2D eigenvalue weighted by Gasteiger charge is -2.31. The average molecular weight is 271 g/mol. The number of alkyl halides is 2. The molecule has 0 spiro atoms. The molecule has 106 valence electrons. The molecule has 19 heavy (non-hydrogen) atoms. The lowest BCUT2D eigenvalue weighted by Crippen LogP contribution is -2.46. The molecule has 1 aromatic rings. The third kappa shape index (κ3) is 3.99. The van der Waals surface area contributed by atoms with Gasteiger partial charge in [-0.15, -0.1) is 0 Å². The van der Waals surface area contributed by atoms with E-state index in [0.29, 0.717) is 0 Å². The maximum Gasteiger partial charge on any atom is 0.255 e. The fraction of sp³-hybridized carbons (Fsp3) is 0.500. The number of hydrogen-bond donors (Lipinski definition) is 1. The van der Waals surface area contributed by atoms with E-state index in [-0.39, 0.29) is 13.2 Å². The summed E-state index contributed by atoms with van der Waals surface area (Å²) in [6, 6.07) is 9.01. The quantitative estimate of drug-likeness (QED) is 0.860. The normalized spacial score (nSPS) is 11.7. The summed E-state index contributed by atoms with van der Waals surface area (Å²) in [5.74, 6) is -0.409. The molecule has 0 bridgehead atoms. The average Bonchev–Trinajstić information content (AvgIpc) is 2.38. The Balaban J connectivity index is 2.94. The van der Waals surface area contributed by atoms with Gasteiger partial charge in [-0.1, -0.05) is 30.3 Å². The molecular formula is C14H19F2NO2. The van der Waals surface area contributed by atoms with Crippen molar-refractivity contribution in [3.05, 3.63) is 35.9 Å². The topological polar surface area (TPSA) is 40.5 Å². The standard InChI is InChI=1S/C14H19F2NO2/c1-14(2,11-6-4-3-5-7-11)13(19)17(8-9-18)10-12(15)16/h3-7,12,18H,8-10H2,1-2H3. The van der Waals surface area contributed by atoms with E-state index in [2.05, 4.69) is 0 Å². The van der Waals surface area contributed by atoms with Crippen molar-refractivity contribution in [3.63, 3.8) is 0 Å². The van der Waals surface area contributed by atoms with Crippen molar-refractivity contribution in [2.24, 2.45) is 0 Å². The SMILES string of the molecule is CC(C)(C(=O)N(CCO)CC(F)F)c1ccccc1. The summed E-state index contributed by atoms with van der Waals surface area (Å²) in [4.78, 5) is 13.4. The van der Waals surface area contributed by atoms with Crippen LogP contribution in [0, 0.1) is 0 Å². The molecule has 0 saturated heterocycles. The summed E-state index contributed by atoms with van der Waals surface area (Å²) in [6.45, 7) is 2.32. The van der Waals surface area contributed by atoms with Gasteiger partial charge < -0.3 is 10.0 Å². The molecule has 0 saturated carbocycles. The second-order valence-electron chi connectivity index (χ2n) is 4.86. The minimum absolute atomic E-state index is 0.0839. The Labute approximate surface area is 111 Å². The molecule has 0 fully saturated rings. The number of benzene rings is 1. The third-order valence-corrected chi connectivity index (χ3v) is 3.05. The number of carbonyl (C=O) groups is 1. The molecule has 1 rings (SSSR count). The molecule has 0 radical (unpaired) electrons. The number of amides is 1. The van der Waals surface area contributed by atoms with Gasteiger partial charge in [0.1, 0.15) is 0 Å². The molecule has 0 aliphatic rings. The van der Waals surface area contributed by atoms with Crippen LogP contribution in [0.25, 0.3) is 0 Å². The maximum atomic E-state index is 12.5. The first-order valence-electron chi connectivity index (χ1n) is 6.13. The van der Waals surface area contributed by atoms with E-state index in [4.69, 9.17) is 5.11 Å². The molecule has 1 N–H and O–H groups in total. The number of halogens is 2. The van der Waals surface area contributed by atoms with Gasteiger partial charge in [0.15, 0.2) is 0 Å². The van der Waals surface area contributed by atoms with Crippen molar-refractivity contribution in [2.75, 3.05) is 19.7 Å². The van der Waals surface area contributed by atoms with Crippen LogP contribution in [0.1, 0.15) is 19.4 Å². The Kier molecular flexibility index (Phi) is 5.42. The number of carbonyl (C=O) groups excluding carboxylic acids is 1. The number of rotatable bonds is 6. The lowest BCUT2D eigenvalue weighted by atomic mass is 9.83. The largest absolute Gasteiger partial charge is 0.395 e. The van der Waals surface area contributed by atoms with Gasteiger partial charge in [-0.25, -0.2) is 8.78 Å². The molecular weight excluding hydrogens is 252 g/mol. The first-order valence-corrected chi connectivity index (χ1v) is 6.13. The van der Waals surface area contributed by atoms with Crippen molar-refractivity contribution in [2.45, 2.75) is 25.7 Å². The van der Waals surface area contributed by atoms with Crippen molar-refractivity contribution < 1.29 is 18.7 Å². The van der Waals surface area contributed by atoms with Gasteiger partial charge in [0.25, 0.3) is 6.43 Å². The van der Waals surface area contributed by atoms with E-state index >= 15 is 0 Å². The van der Waals surface area contributed by atoms with Crippen LogP contribution in [0.15, 0.2) is 30.3 Å². The van der Waals surface area contributed by atoms with Crippen LogP contribution in [0.4, 0.5) is 8.78 Å². The molecule has 0 aromatic heterocycles. The Bertz CT molecular complexity index is 407. The zero-order valence-corrected chi connectivity index (χ0v) is 11.1. The number of hydrogen-bond acceptors (Lipinski definition) is 2. The fourth-order valence-corrected chi connectivity index (χ4v) is 1.94. The van der Waals surface area contributed by atoms with E-state index in [1.54, 1.807) is 38.1 Å². The Morgan fingerprint density at radius 2 is 1.89 bits per heavy atom. The monoisotopic (exact) mass is 271 g/mol. The summed E-state index contributed by atoms with van der Waals surface area (Å²) < 4.78 is 25.0. The first-order chi connectivity index (χ1) is 8.89. The zero-order valence-electron chi connectivity index (χ0n) is 11.1. The van der Waals surface area contributed by atoms with E-state index in [9.17, 15) is 13.6 Å². The number of aliphatic hydroxyl groups excluding tert-OH is 1. The van der Waals surface area contributed by atoms with Crippen molar-refractivity contribution in [3.8, 4) is 0 Å². The summed E-state index contributed by atoms with van der Waals surface area (Å²) >= 11 is 0. The van der Waals surface area contributed by atoms with Crippen LogP contribution < -0.4 is 0 Å². The Morgan fingerprint density at radius 3 is 2.37 bits per heavy atom. The van der Waals surface area contributed by atoms with Crippen LogP contribution >= 0.6 is 0 Å². The van der Waals surface area contributed by atoms with Crippen LogP contribution in [-0.4, -0.2) is 42.0 Å². The van der Waals surface area contributed by atoms with Gasteiger partial charge in [0, 0.05) is 6.54 Å². The first kappa shape index (κ1) is 15.6. The predicted octanol–water partition coefficient (Wildman–Crippen LogP) is 2.05. The van der Waals surface area contributed by atoms with Crippen LogP contribution in [0.2, 0.25) is 0 Å². The third-order valence-electron chi connectivity index (χ3n) is 3.05.